The van der Waals surface area contributed by atoms with Gasteiger partial charge in [-0.15, -0.1) is 0 Å². The molecule has 0 unspecified atom stereocenters. The summed E-state index contributed by atoms with van der Waals surface area (Å²) in [5, 5.41) is 3.07. The molecule has 1 saturated heterocycles. The molecule has 0 saturated carbocycles. The van der Waals surface area contributed by atoms with E-state index in [1.807, 2.05) is 24.3 Å². The fraction of sp³-hybridized carbons (Fsp3) is 0.429. The second-order valence-electron chi connectivity index (χ2n) is 5.18. The molecule has 1 aliphatic heterocycles. The molecule has 1 amide bonds. The summed E-state index contributed by atoms with van der Waals surface area (Å²) in [5.74, 6) is -0.104. The first kappa shape index (κ1) is 15.7. The van der Waals surface area contributed by atoms with Crippen LogP contribution in [0.4, 0.5) is 0 Å². The topological polar surface area (TPSA) is 58.4 Å². The Kier molecular flexibility index (Phi) is 4.98. The number of amides is 1. The number of carbonyl (C=O) groups is 1. The Labute approximate surface area is 138 Å². The van der Waals surface area contributed by atoms with Crippen molar-refractivity contribution in [1.82, 2.24) is 10.2 Å². The Morgan fingerprint density at radius 1 is 1.40 bits per heavy atom. The third-order valence-corrected chi connectivity index (χ3v) is 5.11. The predicted molar refractivity (Wildman–Crippen MR) is 92.9 cm³/mol. The quantitative estimate of drug-likeness (QED) is 0.597. The van der Waals surface area contributed by atoms with Gasteiger partial charge in [-0.1, -0.05) is 24.4 Å². The van der Waals surface area contributed by atoms with Crippen molar-refractivity contribution >= 4 is 45.7 Å². The second-order valence-corrected chi connectivity index (χ2v) is 6.79. The average Bonchev–Trinajstić information content (AvgIpc) is 2.41. The van der Waals surface area contributed by atoms with Crippen LogP contribution in [0.25, 0.3) is 0 Å². The highest BCUT2D eigenvalue weighted by Crippen LogP contribution is 2.23. The van der Waals surface area contributed by atoms with Gasteiger partial charge in [-0.2, -0.15) is 0 Å². The van der Waals surface area contributed by atoms with Gasteiger partial charge in [-0.3, -0.25) is 4.79 Å². The van der Waals surface area contributed by atoms with E-state index in [0.29, 0.717) is 10.6 Å². The summed E-state index contributed by atoms with van der Waals surface area (Å²) in [6.45, 7) is 1.76. The highest BCUT2D eigenvalue weighted by Gasteiger charge is 2.38. The van der Waals surface area contributed by atoms with Crippen molar-refractivity contribution in [2.45, 2.75) is 18.4 Å². The first-order valence-electron chi connectivity index (χ1n) is 6.50. The Balaban J connectivity index is 2.19. The van der Waals surface area contributed by atoms with E-state index in [2.05, 4.69) is 39.9 Å². The summed E-state index contributed by atoms with van der Waals surface area (Å²) < 4.78 is 0.925. The fourth-order valence-corrected chi connectivity index (χ4v) is 3.25. The molecule has 108 valence electrons. The third-order valence-electron chi connectivity index (χ3n) is 3.78. The number of rotatable bonds is 3. The second kappa shape index (κ2) is 6.36. The molecule has 1 aromatic rings. The van der Waals surface area contributed by atoms with Crippen LogP contribution in [0.2, 0.25) is 0 Å². The van der Waals surface area contributed by atoms with Gasteiger partial charge in [-0.25, -0.2) is 0 Å². The first-order valence-corrected chi connectivity index (χ1v) is 7.99. The molecule has 0 atom stereocenters. The van der Waals surface area contributed by atoms with Crippen LogP contribution in [0, 0.1) is 3.57 Å². The summed E-state index contributed by atoms with van der Waals surface area (Å²) in [5.41, 5.74) is 6.02. The van der Waals surface area contributed by atoms with Crippen LogP contribution in [0.3, 0.4) is 0 Å². The third kappa shape index (κ3) is 3.29. The van der Waals surface area contributed by atoms with Gasteiger partial charge in [0.2, 0.25) is 0 Å². The lowest BCUT2D eigenvalue weighted by molar-refractivity contribution is 0.0889. The number of hydrogen-bond acceptors (Lipinski definition) is 3. The molecule has 0 spiro atoms. The highest BCUT2D eigenvalue weighted by molar-refractivity contribution is 14.1. The standard InChI is InChI=1S/C14H18IN3OS/c1-18-8-6-14(7-9-18,13(16)20)17-12(19)10-4-2-3-5-11(10)15/h2-5H,6-9H2,1H3,(H2,16,20)(H,17,19). The van der Waals surface area contributed by atoms with Crippen LogP contribution >= 0.6 is 34.8 Å². The van der Waals surface area contributed by atoms with Gasteiger partial charge in [0, 0.05) is 16.7 Å². The Bertz CT molecular complexity index is 527. The van der Waals surface area contributed by atoms with E-state index < -0.39 is 5.54 Å². The summed E-state index contributed by atoms with van der Waals surface area (Å²) in [6, 6.07) is 7.51. The number of carbonyl (C=O) groups excluding carboxylic acids is 1. The largest absolute Gasteiger partial charge is 0.391 e. The number of nitrogens with one attached hydrogen (secondary N) is 1. The van der Waals surface area contributed by atoms with Crippen molar-refractivity contribution in [2.75, 3.05) is 20.1 Å². The zero-order valence-electron chi connectivity index (χ0n) is 11.4. The van der Waals surface area contributed by atoms with Gasteiger partial charge < -0.3 is 16.0 Å². The molecule has 3 N–H and O–H groups in total. The minimum absolute atomic E-state index is 0.104. The minimum Gasteiger partial charge on any atom is -0.391 e. The molecule has 0 bridgehead atoms. The van der Waals surface area contributed by atoms with Gasteiger partial charge in [0.1, 0.15) is 0 Å². The number of halogens is 1. The van der Waals surface area contributed by atoms with Crippen molar-refractivity contribution in [3.05, 3.63) is 33.4 Å². The van der Waals surface area contributed by atoms with Crippen LogP contribution in [-0.4, -0.2) is 41.5 Å². The number of nitrogens with zero attached hydrogens (tertiary/aromatic N) is 1. The Hall–Kier alpha value is -0.730. The minimum atomic E-state index is -0.558. The van der Waals surface area contributed by atoms with Crippen molar-refractivity contribution in [3.8, 4) is 0 Å². The molecule has 0 radical (unpaired) electrons. The zero-order valence-corrected chi connectivity index (χ0v) is 14.3. The number of benzene rings is 1. The number of piperidine rings is 1. The lowest BCUT2D eigenvalue weighted by Crippen LogP contribution is -2.61. The van der Waals surface area contributed by atoms with Crippen molar-refractivity contribution < 1.29 is 4.79 Å². The molecule has 0 aliphatic carbocycles. The lowest BCUT2D eigenvalue weighted by Gasteiger charge is -2.40. The maximum Gasteiger partial charge on any atom is 0.253 e. The molecule has 4 nitrogen and oxygen atoms in total. The molecular formula is C14H18IN3OS. The van der Waals surface area contributed by atoms with Crippen LogP contribution < -0.4 is 11.1 Å². The number of thiocarbonyl (C=S) groups is 1. The Morgan fingerprint density at radius 3 is 2.55 bits per heavy atom. The summed E-state index contributed by atoms with van der Waals surface area (Å²) in [4.78, 5) is 15.1. The maximum atomic E-state index is 12.5. The number of hydrogen-bond donors (Lipinski definition) is 2. The van der Waals surface area contributed by atoms with E-state index in [-0.39, 0.29) is 5.91 Å². The van der Waals surface area contributed by atoms with E-state index >= 15 is 0 Å². The maximum absolute atomic E-state index is 12.5. The molecule has 2 rings (SSSR count). The van der Waals surface area contributed by atoms with Crippen LogP contribution in [0.15, 0.2) is 24.3 Å². The van der Waals surface area contributed by atoms with Crippen LogP contribution in [-0.2, 0) is 0 Å². The molecule has 1 heterocycles. The van der Waals surface area contributed by atoms with Gasteiger partial charge in [0.25, 0.3) is 5.91 Å². The molecular weight excluding hydrogens is 385 g/mol. The van der Waals surface area contributed by atoms with Gasteiger partial charge in [-0.05, 0) is 54.6 Å². The summed E-state index contributed by atoms with van der Waals surface area (Å²) >= 11 is 7.37. The van der Waals surface area contributed by atoms with E-state index in [1.54, 1.807) is 0 Å². The van der Waals surface area contributed by atoms with E-state index in [1.165, 1.54) is 0 Å². The van der Waals surface area contributed by atoms with Gasteiger partial charge >= 0.3 is 0 Å². The number of nitrogens with two attached hydrogens (primary N) is 1. The first-order chi connectivity index (χ1) is 9.44. The Morgan fingerprint density at radius 2 is 2.00 bits per heavy atom. The molecule has 1 aliphatic rings. The molecule has 1 aromatic carbocycles. The predicted octanol–water partition coefficient (Wildman–Crippen LogP) is 1.77. The molecule has 1 fully saturated rings. The highest BCUT2D eigenvalue weighted by atomic mass is 127. The van der Waals surface area contributed by atoms with Crippen LogP contribution in [0.5, 0.6) is 0 Å². The summed E-state index contributed by atoms with van der Waals surface area (Å²) in [7, 11) is 2.06. The molecule has 0 aromatic heterocycles. The number of likely N-dealkylation sites (tertiary alicyclic amines) is 1. The normalized spacial score (nSPS) is 18.5. The van der Waals surface area contributed by atoms with Gasteiger partial charge in [0.15, 0.2) is 0 Å². The van der Waals surface area contributed by atoms with Crippen molar-refractivity contribution in [2.24, 2.45) is 5.73 Å². The lowest BCUT2D eigenvalue weighted by atomic mass is 9.87. The van der Waals surface area contributed by atoms with Crippen molar-refractivity contribution in [3.63, 3.8) is 0 Å². The fourth-order valence-electron chi connectivity index (χ4n) is 2.36. The van der Waals surface area contributed by atoms with Crippen LogP contribution in [0.1, 0.15) is 23.2 Å². The monoisotopic (exact) mass is 403 g/mol. The molecule has 20 heavy (non-hydrogen) atoms. The zero-order chi connectivity index (χ0) is 14.8. The van der Waals surface area contributed by atoms with Crippen molar-refractivity contribution in [1.29, 1.82) is 0 Å². The van der Waals surface area contributed by atoms with E-state index in [0.717, 1.165) is 29.5 Å². The van der Waals surface area contributed by atoms with E-state index in [4.69, 9.17) is 18.0 Å². The van der Waals surface area contributed by atoms with Gasteiger partial charge in [0.05, 0.1) is 16.1 Å². The average molecular weight is 403 g/mol. The molecule has 6 heteroatoms. The summed E-state index contributed by atoms with van der Waals surface area (Å²) in [6.07, 6.45) is 1.52. The van der Waals surface area contributed by atoms with E-state index in [9.17, 15) is 4.79 Å². The SMILES string of the molecule is CN1CCC(NC(=O)c2ccccc2I)(C(N)=S)CC1. The smallest absolute Gasteiger partial charge is 0.253 e.